The molecule has 3 atom stereocenters. The Labute approximate surface area is 109 Å². The minimum Gasteiger partial charge on any atom is -0.398 e. The van der Waals surface area contributed by atoms with Crippen molar-refractivity contribution in [2.75, 3.05) is 5.73 Å². The molecule has 2 N–H and O–H groups in total. The van der Waals surface area contributed by atoms with Gasteiger partial charge in [0.2, 0.25) is 0 Å². The smallest absolute Gasteiger partial charge is 0.0354 e. The zero-order chi connectivity index (χ0) is 12.4. The van der Waals surface area contributed by atoms with Crippen LogP contribution in [0.5, 0.6) is 0 Å². The molecule has 1 aromatic rings. The van der Waals surface area contributed by atoms with Gasteiger partial charge in [-0.2, -0.15) is 0 Å². The lowest BCUT2D eigenvalue weighted by atomic mass is 9.81. The van der Waals surface area contributed by atoms with Crippen molar-refractivity contribution >= 4 is 17.4 Å². The quantitative estimate of drug-likeness (QED) is 0.781. The van der Waals surface area contributed by atoms with Gasteiger partial charge < -0.3 is 5.73 Å². The lowest BCUT2D eigenvalue weighted by Gasteiger charge is -2.32. The Hall–Kier alpha value is -0.630. The van der Waals surface area contributed by atoms with Gasteiger partial charge in [-0.25, -0.2) is 0 Å². The van der Waals surface area contributed by atoms with Gasteiger partial charge in [0.1, 0.15) is 0 Å². The monoisotopic (exact) mass is 249 g/mol. The second-order valence-corrected chi connectivity index (χ2v) is 6.82. The molecule has 3 unspecified atom stereocenters. The van der Waals surface area contributed by atoms with E-state index in [4.69, 9.17) is 5.73 Å². The number of nitrogen functional groups attached to an aromatic ring is 1. The van der Waals surface area contributed by atoms with Gasteiger partial charge in [-0.1, -0.05) is 19.9 Å². The van der Waals surface area contributed by atoms with Crippen molar-refractivity contribution < 1.29 is 0 Å². The van der Waals surface area contributed by atoms with Gasteiger partial charge in [0, 0.05) is 15.8 Å². The van der Waals surface area contributed by atoms with Crippen LogP contribution in [0.25, 0.3) is 0 Å². The van der Waals surface area contributed by atoms with Crippen molar-refractivity contribution in [3.63, 3.8) is 0 Å². The van der Waals surface area contributed by atoms with Crippen molar-refractivity contribution in [1.29, 1.82) is 0 Å². The molecule has 1 aromatic carbocycles. The highest BCUT2D eigenvalue weighted by atomic mass is 32.2. The average molecular weight is 249 g/mol. The van der Waals surface area contributed by atoms with Crippen LogP contribution in [0.15, 0.2) is 23.1 Å². The van der Waals surface area contributed by atoms with E-state index in [-0.39, 0.29) is 0 Å². The molecule has 1 saturated carbocycles. The van der Waals surface area contributed by atoms with E-state index in [1.54, 1.807) is 0 Å². The predicted octanol–water partition coefficient (Wildman–Crippen LogP) is 4.49. The van der Waals surface area contributed by atoms with Crippen molar-refractivity contribution in [3.8, 4) is 0 Å². The largest absolute Gasteiger partial charge is 0.398 e. The Morgan fingerprint density at radius 2 is 1.94 bits per heavy atom. The minimum absolute atomic E-state index is 0.779. The molecule has 0 amide bonds. The summed E-state index contributed by atoms with van der Waals surface area (Å²) in [6.07, 6.45) is 4.07. The third kappa shape index (κ3) is 2.98. The van der Waals surface area contributed by atoms with E-state index < -0.39 is 0 Å². The van der Waals surface area contributed by atoms with E-state index in [0.717, 1.165) is 22.8 Å². The van der Waals surface area contributed by atoms with E-state index >= 15 is 0 Å². The van der Waals surface area contributed by atoms with Crippen LogP contribution in [0.4, 0.5) is 5.69 Å². The maximum absolute atomic E-state index is 5.96. The fourth-order valence-corrected chi connectivity index (χ4v) is 4.01. The van der Waals surface area contributed by atoms with Crippen LogP contribution < -0.4 is 5.73 Å². The lowest BCUT2D eigenvalue weighted by Crippen LogP contribution is -2.22. The summed E-state index contributed by atoms with van der Waals surface area (Å²) < 4.78 is 0. The standard InChI is InChI=1S/C15H23NS/c1-10-7-8-13(9-11(10)2)17-15-6-4-5-14(16)12(15)3/h4-6,10-11,13H,7-9,16H2,1-3H3. The van der Waals surface area contributed by atoms with Gasteiger partial charge in [-0.3, -0.25) is 0 Å². The number of nitrogens with two attached hydrogens (primary N) is 1. The first-order valence-electron chi connectivity index (χ1n) is 6.59. The molecule has 0 aliphatic heterocycles. The molecule has 1 fully saturated rings. The lowest BCUT2D eigenvalue weighted by molar-refractivity contribution is 0.283. The van der Waals surface area contributed by atoms with E-state index in [1.165, 1.54) is 29.7 Å². The molecule has 0 heterocycles. The highest BCUT2D eigenvalue weighted by Gasteiger charge is 2.25. The summed E-state index contributed by atoms with van der Waals surface area (Å²) in [6, 6.07) is 6.27. The molecular formula is C15H23NS. The maximum atomic E-state index is 5.96. The first kappa shape index (κ1) is 12.8. The number of thioether (sulfide) groups is 1. The number of benzene rings is 1. The van der Waals surface area contributed by atoms with Crippen LogP contribution in [-0.2, 0) is 0 Å². The first-order chi connectivity index (χ1) is 8.08. The van der Waals surface area contributed by atoms with Crippen molar-refractivity contribution in [2.24, 2.45) is 11.8 Å². The number of hydrogen-bond acceptors (Lipinski definition) is 2. The summed E-state index contributed by atoms with van der Waals surface area (Å²) in [5, 5.41) is 0.779. The molecular weight excluding hydrogens is 226 g/mol. The summed E-state index contributed by atoms with van der Waals surface area (Å²) in [4.78, 5) is 1.37. The Morgan fingerprint density at radius 1 is 1.18 bits per heavy atom. The van der Waals surface area contributed by atoms with Gasteiger partial charge in [0.25, 0.3) is 0 Å². The second-order valence-electron chi connectivity index (χ2n) is 5.48. The molecule has 1 nitrogen and oxygen atoms in total. The van der Waals surface area contributed by atoms with Crippen LogP contribution in [0.2, 0.25) is 0 Å². The number of rotatable bonds is 2. The number of hydrogen-bond donors (Lipinski definition) is 1. The van der Waals surface area contributed by atoms with Gasteiger partial charge in [-0.05, 0) is 55.7 Å². The molecule has 1 aliphatic rings. The van der Waals surface area contributed by atoms with Gasteiger partial charge in [-0.15, -0.1) is 11.8 Å². The summed E-state index contributed by atoms with van der Waals surface area (Å²) in [6.45, 7) is 6.91. The van der Waals surface area contributed by atoms with Crippen LogP contribution in [0, 0.1) is 18.8 Å². The zero-order valence-corrected chi connectivity index (χ0v) is 11.9. The molecule has 2 heteroatoms. The summed E-state index contributed by atoms with van der Waals surface area (Å²) >= 11 is 2.03. The normalized spacial score (nSPS) is 29.2. The SMILES string of the molecule is Cc1c(N)cccc1SC1CCC(C)C(C)C1. The molecule has 0 saturated heterocycles. The summed E-state index contributed by atoms with van der Waals surface area (Å²) in [5.74, 6) is 1.76. The van der Waals surface area contributed by atoms with Gasteiger partial charge >= 0.3 is 0 Å². The first-order valence-corrected chi connectivity index (χ1v) is 7.47. The Balaban J connectivity index is 2.04. The molecule has 0 bridgehead atoms. The third-order valence-corrected chi connectivity index (χ3v) is 5.63. The average Bonchev–Trinajstić information content (AvgIpc) is 2.30. The summed E-state index contributed by atoms with van der Waals surface area (Å²) in [5.41, 5.74) is 8.14. The van der Waals surface area contributed by atoms with E-state index in [9.17, 15) is 0 Å². The number of anilines is 1. The molecule has 17 heavy (non-hydrogen) atoms. The van der Waals surface area contributed by atoms with Crippen LogP contribution in [0.3, 0.4) is 0 Å². The molecule has 2 rings (SSSR count). The molecule has 0 spiro atoms. The topological polar surface area (TPSA) is 26.0 Å². The van der Waals surface area contributed by atoms with Gasteiger partial charge in [0.15, 0.2) is 0 Å². The van der Waals surface area contributed by atoms with Crippen LogP contribution in [0.1, 0.15) is 38.7 Å². The minimum atomic E-state index is 0.779. The van der Waals surface area contributed by atoms with Crippen LogP contribution >= 0.6 is 11.8 Å². The van der Waals surface area contributed by atoms with E-state index in [0.29, 0.717) is 0 Å². The third-order valence-electron chi connectivity index (χ3n) is 4.17. The van der Waals surface area contributed by atoms with Crippen molar-refractivity contribution in [1.82, 2.24) is 0 Å². The molecule has 1 aliphatic carbocycles. The van der Waals surface area contributed by atoms with E-state index in [1.807, 2.05) is 17.8 Å². The highest BCUT2D eigenvalue weighted by Crippen LogP contribution is 2.40. The van der Waals surface area contributed by atoms with Crippen molar-refractivity contribution in [3.05, 3.63) is 23.8 Å². The summed E-state index contributed by atoms with van der Waals surface area (Å²) in [7, 11) is 0. The molecule has 0 radical (unpaired) electrons. The van der Waals surface area contributed by atoms with Crippen molar-refractivity contribution in [2.45, 2.75) is 50.2 Å². The Morgan fingerprint density at radius 3 is 2.65 bits per heavy atom. The highest BCUT2D eigenvalue weighted by molar-refractivity contribution is 8.00. The fraction of sp³-hybridized carbons (Fsp3) is 0.600. The fourth-order valence-electron chi connectivity index (χ4n) is 2.54. The zero-order valence-electron chi connectivity index (χ0n) is 11.1. The van der Waals surface area contributed by atoms with E-state index in [2.05, 4.69) is 32.9 Å². The second kappa shape index (κ2) is 5.34. The van der Waals surface area contributed by atoms with Gasteiger partial charge in [0.05, 0.1) is 0 Å². The Kier molecular flexibility index (Phi) is 4.03. The molecule has 0 aromatic heterocycles. The van der Waals surface area contributed by atoms with Crippen LogP contribution in [-0.4, -0.2) is 5.25 Å². The maximum Gasteiger partial charge on any atom is 0.0354 e. The predicted molar refractivity (Wildman–Crippen MR) is 77.4 cm³/mol. The Bertz CT molecular complexity index is 389. The molecule has 94 valence electrons.